The number of carbonyl (C=O) groups excluding carboxylic acids is 1. The zero-order valence-electron chi connectivity index (χ0n) is 11.2. The summed E-state index contributed by atoms with van der Waals surface area (Å²) in [6.45, 7) is 6.46. The number of anilines is 1. The molecule has 0 aliphatic rings. The quantitative estimate of drug-likeness (QED) is 0.934. The van der Waals surface area contributed by atoms with Crippen molar-refractivity contribution in [1.29, 1.82) is 0 Å². The van der Waals surface area contributed by atoms with E-state index in [1.165, 1.54) is 0 Å². The molecule has 2 aromatic rings. The topological polar surface area (TPSA) is 46.9 Å². The van der Waals surface area contributed by atoms with E-state index in [1.54, 1.807) is 23.0 Å². The monoisotopic (exact) mass is 277 g/mol. The summed E-state index contributed by atoms with van der Waals surface area (Å²) in [4.78, 5) is 12.2. The first-order valence-electron chi connectivity index (χ1n) is 6.12. The van der Waals surface area contributed by atoms with Crippen molar-refractivity contribution in [2.24, 2.45) is 0 Å². The van der Waals surface area contributed by atoms with Crippen LogP contribution in [0.25, 0.3) is 0 Å². The number of nitrogens with zero attached hydrogens (tertiary/aromatic N) is 2. The molecule has 1 amide bonds. The molecule has 0 fully saturated rings. The van der Waals surface area contributed by atoms with E-state index in [0.717, 1.165) is 23.5 Å². The van der Waals surface area contributed by atoms with Gasteiger partial charge in [0.25, 0.3) is 5.91 Å². The summed E-state index contributed by atoms with van der Waals surface area (Å²) in [5.41, 5.74) is 3.02. The third kappa shape index (κ3) is 2.96. The van der Waals surface area contributed by atoms with Crippen molar-refractivity contribution in [3.63, 3.8) is 0 Å². The highest BCUT2D eigenvalue weighted by Crippen LogP contribution is 2.20. The highest BCUT2D eigenvalue weighted by molar-refractivity contribution is 6.30. The molecule has 5 heteroatoms. The van der Waals surface area contributed by atoms with Gasteiger partial charge >= 0.3 is 0 Å². The van der Waals surface area contributed by atoms with Crippen LogP contribution < -0.4 is 5.32 Å². The van der Waals surface area contributed by atoms with E-state index < -0.39 is 0 Å². The molecule has 0 unspecified atom stereocenters. The third-order valence-electron chi connectivity index (χ3n) is 2.95. The lowest BCUT2D eigenvalue weighted by atomic mass is 10.2. The van der Waals surface area contributed by atoms with Gasteiger partial charge in [0.05, 0.1) is 11.3 Å². The molecule has 1 heterocycles. The van der Waals surface area contributed by atoms with Crippen molar-refractivity contribution < 1.29 is 4.79 Å². The van der Waals surface area contributed by atoms with Crippen LogP contribution in [0.4, 0.5) is 5.69 Å². The summed E-state index contributed by atoms with van der Waals surface area (Å²) in [6.07, 6.45) is 1.76. The Morgan fingerprint density at radius 2 is 2.16 bits per heavy atom. The van der Waals surface area contributed by atoms with Crippen molar-refractivity contribution in [1.82, 2.24) is 9.78 Å². The summed E-state index contributed by atoms with van der Waals surface area (Å²) in [5, 5.41) is 7.80. The average molecular weight is 278 g/mol. The van der Waals surface area contributed by atoms with Crippen LogP contribution in [0.15, 0.2) is 24.4 Å². The number of amides is 1. The molecule has 19 heavy (non-hydrogen) atoms. The molecule has 0 aliphatic heterocycles. The Balaban J connectivity index is 2.23. The number of nitrogens with one attached hydrogen (secondary N) is 1. The number of hydrogen-bond acceptors (Lipinski definition) is 2. The van der Waals surface area contributed by atoms with E-state index in [9.17, 15) is 4.79 Å². The van der Waals surface area contributed by atoms with E-state index in [4.69, 9.17) is 11.6 Å². The largest absolute Gasteiger partial charge is 0.322 e. The summed E-state index contributed by atoms with van der Waals surface area (Å²) in [7, 11) is 0. The third-order valence-corrected chi connectivity index (χ3v) is 3.19. The predicted molar refractivity (Wildman–Crippen MR) is 76.8 cm³/mol. The lowest BCUT2D eigenvalue weighted by molar-refractivity contribution is 0.102. The lowest BCUT2D eigenvalue weighted by Gasteiger charge is -2.07. The molecule has 0 atom stereocenters. The number of rotatable bonds is 3. The molecule has 1 N–H and O–H groups in total. The Hall–Kier alpha value is -1.81. The maximum absolute atomic E-state index is 12.2. The molecule has 0 bridgehead atoms. The number of aryl methyl sites for hydroxylation is 3. The Morgan fingerprint density at radius 1 is 1.42 bits per heavy atom. The maximum atomic E-state index is 12.2. The van der Waals surface area contributed by atoms with Gasteiger partial charge < -0.3 is 5.32 Å². The first-order chi connectivity index (χ1) is 9.01. The zero-order valence-corrected chi connectivity index (χ0v) is 12.0. The van der Waals surface area contributed by atoms with Crippen molar-refractivity contribution in [2.75, 3.05) is 5.32 Å². The molecule has 0 spiro atoms. The highest BCUT2D eigenvalue weighted by Gasteiger charge is 2.14. The van der Waals surface area contributed by atoms with Crippen LogP contribution in [0.5, 0.6) is 0 Å². The van der Waals surface area contributed by atoms with Crippen LogP contribution in [0.1, 0.15) is 28.5 Å². The van der Waals surface area contributed by atoms with Crippen molar-refractivity contribution in [2.45, 2.75) is 27.3 Å². The number of hydrogen-bond donors (Lipinski definition) is 1. The van der Waals surface area contributed by atoms with Crippen LogP contribution in [0.3, 0.4) is 0 Å². The molecule has 100 valence electrons. The number of halogens is 1. The van der Waals surface area contributed by atoms with E-state index in [2.05, 4.69) is 10.4 Å². The SMILES string of the molecule is CCn1cc(C(=O)Nc2ccc(Cl)cc2C)c(C)n1. The second-order valence-corrected chi connectivity index (χ2v) is 4.83. The molecule has 4 nitrogen and oxygen atoms in total. The van der Waals surface area contributed by atoms with E-state index >= 15 is 0 Å². The Bertz CT molecular complexity index is 619. The Morgan fingerprint density at radius 3 is 2.74 bits per heavy atom. The van der Waals surface area contributed by atoms with Crippen LogP contribution in [0.2, 0.25) is 5.02 Å². The van der Waals surface area contributed by atoms with Gasteiger partial charge in [0.1, 0.15) is 0 Å². The van der Waals surface area contributed by atoms with Crippen LogP contribution in [-0.4, -0.2) is 15.7 Å². The second-order valence-electron chi connectivity index (χ2n) is 4.40. The van der Waals surface area contributed by atoms with Gasteiger partial charge in [-0.1, -0.05) is 11.6 Å². The summed E-state index contributed by atoms with van der Waals surface area (Å²) in [6, 6.07) is 5.38. The highest BCUT2D eigenvalue weighted by atomic mass is 35.5. The first-order valence-corrected chi connectivity index (χ1v) is 6.50. The number of carbonyl (C=O) groups is 1. The predicted octanol–water partition coefficient (Wildman–Crippen LogP) is 3.43. The molecule has 0 radical (unpaired) electrons. The fourth-order valence-corrected chi connectivity index (χ4v) is 2.09. The smallest absolute Gasteiger partial charge is 0.259 e. The van der Waals surface area contributed by atoms with Gasteiger partial charge in [-0.05, 0) is 44.5 Å². The zero-order chi connectivity index (χ0) is 14.0. The normalized spacial score (nSPS) is 10.5. The maximum Gasteiger partial charge on any atom is 0.259 e. The average Bonchev–Trinajstić information content (AvgIpc) is 2.74. The van der Waals surface area contributed by atoms with Crippen LogP contribution in [-0.2, 0) is 6.54 Å². The molecular weight excluding hydrogens is 262 g/mol. The molecule has 1 aromatic carbocycles. The van der Waals surface area contributed by atoms with Gasteiger partial charge in [-0.2, -0.15) is 5.10 Å². The van der Waals surface area contributed by atoms with Gasteiger partial charge in [0.15, 0.2) is 0 Å². The van der Waals surface area contributed by atoms with Gasteiger partial charge in [-0.25, -0.2) is 0 Å². The number of benzene rings is 1. The number of aromatic nitrogens is 2. The molecular formula is C14H16ClN3O. The Labute approximate surface area is 117 Å². The van der Waals surface area contributed by atoms with E-state index in [-0.39, 0.29) is 5.91 Å². The minimum Gasteiger partial charge on any atom is -0.322 e. The van der Waals surface area contributed by atoms with Gasteiger partial charge in [0.2, 0.25) is 0 Å². The first kappa shape index (κ1) is 13.6. The fourth-order valence-electron chi connectivity index (χ4n) is 1.86. The Kier molecular flexibility index (Phi) is 3.90. The minimum absolute atomic E-state index is 0.150. The second kappa shape index (κ2) is 5.45. The van der Waals surface area contributed by atoms with Gasteiger partial charge in [-0.15, -0.1) is 0 Å². The molecule has 0 saturated heterocycles. The van der Waals surface area contributed by atoms with Crippen LogP contribution in [0, 0.1) is 13.8 Å². The molecule has 0 aliphatic carbocycles. The van der Waals surface area contributed by atoms with Gasteiger partial charge in [0, 0.05) is 23.5 Å². The lowest BCUT2D eigenvalue weighted by Crippen LogP contribution is -2.13. The van der Waals surface area contributed by atoms with E-state index in [0.29, 0.717) is 10.6 Å². The van der Waals surface area contributed by atoms with Gasteiger partial charge in [-0.3, -0.25) is 9.48 Å². The fraction of sp³-hybridized carbons (Fsp3) is 0.286. The molecule has 0 saturated carbocycles. The summed E-state index contributed by atoms with van der Waals surface area (Å²) >= 11 is 5.89. The van der Waals surface area contributed by atoms with Crippen LogP contribution >= 0.6 is 11.6 Å². The van der Waals surface area contributed by atoms with E-state index in [1.807, 2.05) is 26.8 Å². The molecule has 1 aromatic heterocycles. The summed E-state index contributed by atoms with van der Waals surface area (Å²) < 4.78 is 1.75. The molecule has 2 rings (SSSR count). The van der Waals surface area contributed by atoms with Crippen molar-refractivity contribution in [3.8, 4) is 0 Å². The van der Waals surface area contributed by atoms with Crippen molar-refractivity contribution in [3.05, 3.63) is 46.2 Å². The minimum atomic E-state index is -0.150. The van der Waals surface area contributed by atoms with Crippen molar-refractivity contribution >= 4 is 23.2 Å². The standard InChI is InChI=1S/C14H16ClN3O/c1-4-18-8-12(10(3)17-18)14(19)16-13-6-5-11(15)7-9(13)2/h5-8H,4H2,1-3H3,(H,16,19). The summed E-state index contributed by atoms with van der Waals surface area (Å²) in [5.74, 6) is -0.150.